The number of amides is 1. The van der Waals surface area contributed by atoms with Gasteiger partial charge in [0.25, 0.3) is 0 Å². The van der Waals surface area contributed by atoms with Gasteiger partial charge in [0.2, 0.25) is 11.9 Å². The summed E-state index contributed by atoms with van der Waals surface area (Å²) in [5.41, 5.74) is 4.67. The molecule has 10 nitrogen and oxygen atoms in total. The van der Waals surface area contributed by atoms with Crippen LogP contribution in [0.5, 0.6) is 5.75 Å². The van der Waals surface area contributed by atoms with Crippen LogP contribution in [0, 0.1) is 18.3 Å². The predicted octanol–water partition coefficient (Wildman–Crippen LogP) is 6.45. The van der Waals surface area contributed by atoms with E-state index in [0.29, 0.717) is 29.0 Å². The Labute approximate surface area is 301 Å². The second-order valence-electron chi connectivity index (χ2n) is 16.0. The highest BCUT2D eigenvalue weighted by Gasteiger charge is 2.47. The summed E-state index contributed by atoms with van der Waals surface area (Å²) >= 11 is 0. The molecule has 1 saturated carbocycles. The van der Waals surface area contributed by atoms with Crippen molar-refractivity contribution in [1.29, 1.82) is 0 Å². The summed E-state index contributed by atoms with van der Waals surface area (Å²) < 4.78 is 48.2. The lowest BCUT2D eigenvalue weighted by Gasteiger charge is -2.54. The minimum Gasteiger partial charge on any atom is -0.481 e. The van der Waals surface area contributed by atoms with Crippen molar-refractivity contribution in [2.24, 2.45) is 11.3 Å². The third-order valence-corrected chi connectivity index (χ3v) is 12.2. The van der Waals surface area contributed by atoms with Crippen LogP contribution in [-0.2, 0) is 4.79 Å². The normalized spacial score (nSPS) is 22.3. The van der Waals surface area contributed by atoms with E-state index in [-0.39, 0.29) is 23.0 Å². The first kappa shape index (κ1) is 33.4. The Morgan fingerprint density at radius 1 is 1.04 bits per heavy atom. The average Bonchev–Trinajstić information content (AvgIpc) is 3.67. The fourth-order valence-corrected chi connectivity index (χ4v) is 9.05. The SMILES string of the molecule is C=CC(=O)N1CC2(CCN(c3nc(N4CC(N5CC[C@H](C)C5)C4)nc4c(OCC(F)(F)F)c(-c5c(C)ccc6[nH]ncc56)c(C5CC5)cc34)CC2)C1. The number of likely N-dealkylation sites (tertiary alicyclic amines) is 2. The molecule has 0 bridgehead atoms. The van der Waals surface area contributed by atoms with Gasteiger partial charge in [-0.25, -0.2) is 4.98 Å². The number of aromatic nitrogens is 4. The summed E-state index contributed by atoms with van der Waals surface area (Å²) in [6.45, 7) is 13.1. The molecule has 2 aromatic heterocycles. The van der Waals surface area contributed by atoms with Crippen molar-refractivity contribution in [2.75, 3.05) is 68.8 Å². The fraction of sp³-hybridized carbons (Fsp3) is 0.538. The molecule has 52 heavy (non-hydrogen) atoms. The minimum atomic E-state index is -4.54. The second kappa shape index (κ2) is 12.3. The highest BCUT2D eigenvalue weighted by molar-refractivity contribution is 6.06. The molecule has 13 heteroatoms. The molecular weight excluding hydrogens is 669 g/mol. The zero-order valence-electron chi connectivity index (χ0n) is 29.8. The molecule has 2 aromatic carbocycles. The van der Waals surface area contributed by atoms with Crippen molar-refractivity contribution in [3.05, 3.63) is 48.2 Å². The highest BCUT2D eigenvalue weighted by atomic mass is 19.4. The number of fused-ring (bicyclic) bond motifs is 2. The number of carbonyl (C=O) groups is 1. The number of ether oxygens (including phenoxy) is 1. The first-order valence-electron chi connectivity index (χ1n) is 18.7. The molecule has 4 aromatic rings. The van der Waals surface area contributed by atoms with Crippen molar-refractivity contribution in [3.63, 3.8) is 0 Å². The third kappa shape index (κ3) is 5.85. The Kier molecular flexibility index (Phi) is 7.94. The Hall–Kier alpha value is -4.39. The molecule has 1 N–H and O–H groups in total. The molecule has 1 aliphatic carbocycles. The van der Waals surface area contributed by atoms with Crippen molar-refractivity contribution >= 4 is 39.5 Å². The summed E-state index contributed by atoms with van der Waals surface area (Å²) in [5, 5.41) is 8.90. The number of hydrogen-bond acceptors (Lipinski definition) is 8. The standard InChI is InChI=1S/C39H45F3N8O2/c1-4-31(51)50-20-38(21-50)10-13-47(14-11-38)36-28-15-27(25-6-7-25)33(32-24(3)5-8-30-29(32)16-43-46-30)35(52-22-39(40,41)42)34(28)44-37(45-36)49-18-26(19-49)48-12-9-23(2)17-48/h4-5,8,15-16,23,25-26H,1,6-7,9-14,17-22H2,2-3H3,(H,43,46)/t23-/m0/s1. The van der Waals surface area contributed by atoms with Gasteiger partial charge in [-0.05, 0) is 92.3 Å². The molecule has 1 spiro atoms. The Morgan fingerprint density at radius 3 is 2.48 bits per heavy atom. The van der Waals surface area contributed by atoms with Crippen LogP contribution in [0.2, 0.25) is 0 Å². The number of piperidine rings is 1. The van der Waals surface area contributed by atoms with Crippen LogP contribution in [0.4, 0.5) is 24.9 Å². The molecule has 5 aliphatic rings. The van der Waals surface area contributed by atoms with Gasteiger partial charge >= 0.3 is 6.18 Å². The maximum absolute atomic E-state index is 14.1. The first-order valence-corrected chi connectivity index (χ1v) is 18.7. The van der Waals surface area contributed by atoms with Crippen molar-refractivity contribution in [1.82, 2.24) is 30.0 Å². The number of rotatable bonds is 8. The van der Waals surface area contributed by atoms with Gasteiger partial charge in [-0.2, -0.15) is 23.3 Å². The lowest BCUT2D eigenvalue weighted by Crippen LogP contribution is -2.61. The van der Waals surface area contributed by atoms with E-state index in [1.165, 1.54) is 12.5 Å². The summed E-state index contributed by atoms with van der Waals surface area (Å²) in [4.78, 5) is 31.5. The van der Waals surface area contributed by atoms with E-state index in [9.17, 15) is 18.0 Å². The summed E-state index contributed by atoms with van der Waals surface area (Å²) in [6.07, 6.45) is 3.44. The van der Waals surface area contributed by atoms with E-state index < -0.39 is 12.8 Å². The zero-order valence-corrected chi connectivity index (χ0v) is 29.8. The van der Waals surface area contributed by atoms with Gasteiger partial charge in [0, 0.05) is 73.6 Å². The van der Waals surface area contributed by atoms with Crippen molar-refractivity contribution < 1.29 is 22.7 Å². The maximum Gasteiger partial charge on any atom is 0.422 e. The van der Waals surface area contributed by atoms with Crippen molar-refractivity contribution in [3.8, 4) is 16.9 Å². The summed E-state index contributed by atoms with van der Waals surface area (Å²) in [7, 11) is 0. The smallest absolute Gasteiger partial charge is 0.422 e. The Morgan fingerprint density at radius 2 is 1.81 bits per heavy atom. The molecule has 4 aliphatic heterocycles. The van der Waals surface area contributed by atoms with Crippen LogP contribution in [0.1, 0.15) is 56.1 Å². The maximum atomic E-state index is 14.1. The van der Waals surface area contributed by atoms with E-state index in [1.54, 1.807) is 6.20 Å². The Balaban J connectivity index is 1.18. The molecule has 9 rings (SSSR count). The zero-order chi connectivity index (χ0) is 35.9. The largest absolute Gasteiger partial charge is 0.481 e. The van der Waals surface area contributed by atoms with E-state index in [0.717, 1.165) is 117 Å². The number of nitrogens with one attached hydrogen (secondary N) is 1. The predicted molar refractivity (Wildman–Crippen MR) is 195 cm³/mol. The van der Waals surface area contributed by atoms with Gasteiger partial charge in [0.15, 0.2) is 12.4 Å². The van der Waals surface area contributed by atoms with E-state index >= 15 is 0 Å². The molecule has 1 atom stereocenters. The summed E-state index contributed by atoms with van der Waals surface area (Å²) in [6, 6.07) is 6.47. The lowest BCUT2D eigenvalue weighted by atomic mass is 9.72. The van der Waals surface area contributed by atoms with Gasteiger partial charge < -0.3 is 19.4 Å². The second-order valence-corrected chi connectivity index (χ2v) is 16.0. The first-order chi connectivity index (χ1) is 25.0. The number of aromatic amines is 1. The molecule has 0 unspecified atom stereocenters. The average molecular weight is 715 g/mol. The van der Waals surface area contributed by atoms with E-state index in [1.807, 2.05) is 24.0 Å². The van der Waals surface area contributed by atoms with Gasteiger partial charge in [-0.1, -0.05) is 19.6 Å². The number of hydrogen-bond donors (Lipinski definition) is 1. The van der Waals surface area contributed by atoms with Crippen LogP contribution >= 0.6 is 0 Å². The van der Waals surface area contributed by atoms with Crippen LogP contribution in [0.25, 0.3) is 32.9 Å². The molecule has 1 amide bonds. The third-order valence-electron chi connectivity index (χ3n) is 12.2. The van der Waals surface area contributed by atoms with Crippen molar-refractivity contribution in [2.45, 2.75) is 64.1 Å². The number of benzene rings is 2. The van der Waals surface area contributed by atoms with Crippen LogP contribution in [0.3, 0.4) is 0 Å². The molecular formula is C39H45F3N8O2. The number of anilines is 2. The lowest BCUT2D eigenvalue weighted by molar-refractivity contribution is -0.153. The van der Waals surface area contributed by atoms with Gasteiger partial charge in [-0.15, -0.1) is 0 Å². The number of alkyl halides is 3. The quantitative estimate of drug-likeness (QED) is 0.209. The minimum absolute atomic E-state index is 0.0353. The monoisotopic (exact) mass is 714 g/mol. The van der Waals surface area contributed by atoms with Gasteiger partial charge in [-0.3, -0.25) is 14.8 Å². The fourth-order valence-electron chi connectivity index (χ4n) is 9.05. The Bertz CT molecular complexity index is 2050. The number of nitrogens with zero attached hydrogens (tertiary/aromatic N) is 7. The molecule has 5 fully saturated rings. The number of H-pyrrole nitrogens is 1. The molecule has 6 heterocycles. The number of carbonyl (C=O) groups excluding carboxylic acids is 1. The van der Waals surface area contributed by atoms with Crippen LogP contribution < -0.4 is 14.5 Å². The molecule has 4 saturated heterocycles. The van der Waals surface area contributed by atoms with Crippen LogP contribution in [-0.4, -0.2) is 107 Å². The van der Waals surface area contributed by atoms with E-state index in [4.69, 9.17) is 14.7 Å². The molecule has 0 radical (unpaired) electrons. The highest BCUT2D eigenvalue weighted by Crippen LogP contribution is 2.53. The van der Waals surface area contributed by atoms with Gasteiger partial charge in [0.1, 0.15) is 11.3 Å². The topological polar surface area (TPSA) is 93.7 Å². The summed E-state index contributed by atoms with van der Waals surface area (Å²) in [5.74, 6) is 2.26. The van der Waals surface area contributed by atoms with Crippen LogP contribution in [0.15, 0.2) is 37.1 Å². The number of aryl methyl sites for hydroxylation is 1. The van der Waals surface area contributed by atoms with E-state index in [2.05, 4.69) is 44.5 Å². The number of halogens is 3. The molecule has 274 valence electrons. The van der Waals surface area contributed by atoms with Gasteiger partial charge in [0.05, 0.1) is 11.7 Å².